The van der Waals surface area contributed by atoms with Crippen LogP contribution < -0.4 is 5.32 Å². The highest BCUT2D eigenvalue weighted by Gasteiger charge is 2.29. The van der Waals surface area contributed by atoms with Crippen molar-refractivity contribution >= 4 is 15.9 Å². The van der Waals surface area contributed by atoms with Gasteiger partial charge < -0.3 is 5.32 Å². The first-order valence-electron chi connectivity index (χ1n) is 7.00. The number of carbonyl (C=O) groups is 1. The van der Waals surface area contributed by atoms with E-state index in [9.17, 15) is 13.2 Å². The SMILES string of the molecule is Cc1ccc(CNC(=O)[C@@H]2CCCN(S(C)(=O)=O)C2)cn1. The molecule has 1 N–H and O–H groups in total. The van der Waals surface area contributed by atoms with E-state index < -0.39 is 10.0 Å². The highest BCUT2D eigenvalue weighted by molar-refractivity contribution is 7.88. The van der Waals surface area contributed by atoms with E-state index in [-0.39, 0.29) is 18.4 Å². The number of nitrogens with zero attached hydrogens (tertiary/aromatic N) is 2. The summed E-state index contributed by atoms with van der Waals surface area (Å²) in [5.41, 5.74) is 1.87. The second-order valence-corrected chi connectivity index (χ2v) is 7.47. The van der Waals surface area contributed by atoms with Crippen LogP contribution in [0.25, 0.3) is 0 Å². The molecule has 1 aromatic heterocycles. The molecule has 1 aliphatic rings. The average molecular weight is 311 g/mol. The summed E-state index contributed by atoms with van der Waals surface area (Å²) >= 11 is 0. The van der Waals surface area contributed by atoms with Crippen molar-refractivity contribution in [2.75, 3.05) is 19.3 Å². The predicted molar refractivity (Wildman–Crippen MR) is 80.0 cm³/mol. The molecule has 0 bridgehead atoms. The molecule has 6 nitrogen and oxygen atoms in total. The Balaban J connectivity index is 1.89. The van der Waals surface area contributed by atoms with E-state index in [1.165, 1.54) is 10.6 Å². The maximum Gasteiger partial charge on any atom is 0.224 e. The standard InChI is InChI=1S/C14H21N3O3S/c1-11-5-6-12(8-15-11)9-16-14(18)13-4-3-7-17(10-13)21(2,19)20/h5-6,8,13H,3-4,7,9-10H2,1-2H3,(H,16,18)/t13-/m1/s1. The van der Waals surface area contributed by atoms with E-state index >= 15 is 0 Å². The number of piperidine rings is 1. The number of sulfonamides is 1. The van der Waals surface area contributed by atoms with Crippen LogP contribution in [0.1, 0.15) is 24.1 Å². The van der Waals surface area contributed by atoms with Gasteiger partial charge in [-0.05, 0) is 31.4 Å². The monoisotopic (exact) mass is 311 g/mol. The van der Waals surface area contributed by atoms with Crippen LogP contribution in [-0.4, -0.2) is 43.0 Å². The molecular weight excluding hydrogens is 290 g/mol. The molecular formula is C14H21N3O3S. The van der Waals surface area contributed by atoms with Crippen molar-refractivity contribution in [2.45, 2.75) is 26.3 Å². The molecule has 21 heavy (non-hydrogen) atoms. The van der Waals surface area contributed by atoms with Gasteiger partial charge in [-0.1, -0.05) is 6.07 Å². The van der Waals surface area contributed by atoms with Crippen LogP contribution in [-0.2, 0) is 21.4 Å². The van der Waals surface area contributed by atoms with Gasteiger partial charge in [0.2, 0.25) is 15.9 Å². The van der Waals surface area contributed by atoms with Crippen molar-refractivity contribution in [1.29, 1.82) is 0 Å². The second kappa shape index (κ2) is 6.53. The van der Waals surface area contributed by atoms with E-state index in [0.717, 1.165) is 24.1 Å². The van der Waals surface area contributed by atoms with Gasteiger partial charge in [0.15, 0.2) is 0 Å². The van der Waals surface area contributed by atoms with Crippen LogP contribution >= 0.6 is 0 Å². The van der Waals surface area contributed by atoms with Gasteiger partial charge in [-0.25, -0.2) is 12.7 Å². The lowest BCUT2D eigenvalue weighted by molar-refractivity contribution is -0.126. The summed E-state index contributed by atoms with van der Waals surface area (Å²) in [6, 6.07) is 3.82. The molecule has 1 aromatic rings. The lowest BCUT2D eigenvalue weighted by Gasteiger charge is -2.30. The molecule has 0 aliphatic carbocycles. The molecule has 0 saturated carbocycles. The molecule has 0 spiro atoms. The van der Waals surface area contributed by atoms with Crippen molar-refractivity contribution in [1.82, 2.24) is 14.6 Å². The molecule has 2 rings (SSSR count). The molecule has 1 aliphatic heterocycles. The fourth-order valence-corrected chi connectivity index (χ4v) is 3.31. The third kappa shape index (κ3) is 4.50. The fraction of sp³-hybridized carbons (Fsp3) is 0.571. The minimum absolute atomic E-state index is 0.0936. The second-order valence-electron chi connectivity index (χ2n) is 5.49. The number of hydrogen-bond donors (Lipinski definition) is 1. The zero-order chi connectivity index (χ0) is 15.5. The molecule has 1 fully saturated rings. The molecule has 2 heterocycles. The molecule has 7 heteroatoms. The van der Waals surface area contributed by atoms with Gasteiger partial charge in [-0.2, -0.15) is 0 Å². The number of aryl methyl sites for hydroxylation is 1. The minimum atomic E-state index is -3.22. The normalized spacial score (nSPS) is 20.2. The zero-order valence-electron chi connectivity index (χ0n) is 12.4. The molecule has 0 unspecified atom stereocenters. The Morgan fingerprint density at radius 3 is 2.86 bits per heavy atom. The van der Waals surface area contributed by atoms with Gasteiger partial charge in [0, 0.05) is 31.5 Å². The smallest absolute Gasteiger partial charge is 0.224 e. The number of carbonyl (C=O) groups excluding carboxylic acids is 1. The fourth-order valence-electron chi connectivity index (χ4n) is 2.39. The first kappa shape index (κ1) is 15.9. The van der Waals surface area contributed by atoms with Crippen molar-refractivity contribution in [3.8, 4) is 0 Å². The Morgan fingerprint density at radius 2 is 2.24 bits per heavy atom. The van der Waals surface area contributed by atoms with Crippen LogP contribution in [0.4, 0.5) is 0 Å². The van der Waals surface area contributed by atoms with Gasteiger partial charge >= 0.3 is 0 Å². The Labute approximate surface area is 125 Å². The molecule has 1 atom stereocenters. The lowest BCUT2D eigenvalue weighted by atomic mass is 9.99. The van der Waals surface area contributed by atoms with Gasteiger partial charge in [-0.3, -0.25) is 9.78 Å². The Morgan fingerprint density at radius 1 is 1.48 bits per heavy atom. The van der Waals surface area contributed by atoms with E-state index in [2.05, 4.69) is 10.3 Å². The van der Waals surface area contributed by atoms with Crippen LogP contribution in [0, 0.1) is 12.8 Å². The summed E-state index contributed by atoms with van der Waals surface area (Å²) < 4.78 is 24.5. The number of amides is 1. The summed E-state index contributed by atoms with van der Waals surface area (Å²) in [7, 11) is -3.22. The topological polar surface area (TPSA) is 79.4 Å². The maximum atomic E-state index is 12.2. The summed E-state index contributed by atoms with van der Waals surface area (Å²) in [4.78, 5) is 16.3. The third-order valence-corrected chi connectivity index (χ3v) is 4.93. The molecule has 1 amide bonds. The third-order valence-electron chi connectivity index (χ3n) is 3.66. The van der Waals surface area contributed by atoms with E-state index in [1.807, 2.05) is 19.1 Å². The largest absolute Gasteiger partial charge is 0.352 e. The number of pyridine rings is 1. The van der Waals surface area contributed by atoms with Crippen molar-refractivity contribution in [2.24, 2.45) is 5.92 Å². The Kier molecular flexibility index (Phi) is 4.95. The number of hydrogen-bond acceptors (Lipinski definition) is 4. The molecule has 116 valence electrons. The van der Waals surface area contributed by atoms with Crippen LogP contribution in [0.2, 0.25) is 0 Å². The summed E-state index contributed by atoms with van der Waals surface area (Å²) in [6.07, 6.45) is 4.37. The van der Waals surface area contributed by atoms with Crippen molar-refractivity contribution < 1.29 is 13.2 Å². The predicted octanol–water partition coefficient (Wildman–Crippen LogP) is 0.678. The maximum absolute atomic E-state index is 12.2. The Hall–Kier alpha value is -1.47. The number of aromatic nitrogens is 1. The van der Waals surface area contributed by atoms with E-state index in [1.54, 1.807) is 6.20 Å². The summed E-state index contributed by atoms with van der Waals surface area (Å²) in [5.74, 6) is -0.365. The average Bonchev–Trinajstić information content (AvgIpc) is 2.45. The highest BCUT2D eigenvalue weighted by Crippen LogP contribution is 2.18. The van der Waals surface area contributed by atoms with Gasteiger partial charge in [0.1, 0.15) is 0 Å². The summed E-state index contributed by atoms with van der Waals surface area (Å²) in [5, 5.41) is 2.86. The minimum Gasteiger partial charge on any atom is -0.352 e. The van der Waals surface area contributed by atoms with Crippen LogP contribution in [0.3, 0.4) is 0 Å². The highest BCUT2D eigenvalue weighted by atomic mass is 32.2. The lowest BCUT2D eigenvalue weighted by Crippen LogP contribution is -2.44. The Bertz CT molecular complexity index is 598. The van der Waals surface area contributed by atoms with Crippen molar-refractivity contribution in [3.05, 3.63) is 29.6 Å². The summed E-state index contributed by atoms with van der Waals surface area (Å²) in [6.45, 7) is 3.10. The quantitative estimate of drug-likeness (QED) is 0.887. The van der Waals surface area contributed by atoms with E-state index in [4.69, 9.17) is 0 Å². The van der Waals surface area contributed by atoms with E-state index in [0.29, 0.717) is 13.1 Å². The van der Waals surface area contributed by atoms with Crippen LogP contribution in [0.15, 0.2) is 18.3 Å². The molecule has 0 aromatic carbocycles. The van der Waals surface area contributed by atoms with Gasteiger partial charge in [0.05, 0.1) is 12.2 Å². The number of rotatable bonds is 4. The van der Waals surface area contributed by atoms with Crippen LogP contribution in [0.5, 0.6) is 0 Å². The first-order chi connectivity index (χ1) is 9.86. The number of nitrogens with one attached hydrogen (secondary N) is 1. The van der Waals surface area contributed by atoms with Crippen molar-refractivity contribution in [3.63, 3.8) is 0 Å². The zero-order valence-corrected chi connectivity index (χ0v) is 13.2. The molecule has 1 saturated heterocycles. The van der Waals surface area contributed by atoms with Gasteiger partial charge in [0.25, 0.3) is 0 Å². The van der Waals surface area contributed by atoms with Gasteiger partial charge in [-0.15, -0.1) is 0 Å². The first-order valence-corrected chi connectivity index (χ1v) is 8.85. The molecule has 0 radical (unpaired) electrons.